The van der Waals surface area contributed by atoms with Crippen molar-refractivity contribution in [3.8, 4) is 17.2 Å². The minimum absolute atomic E-state index is 0.291. The van der Waals surface area contributed by atoms with Gasteiger partial charge in [-0.2, -0.15) is 0 Å². The molecule has 1 atom stereocenters. The molecule has 2 aromatic rings. The van der Waals surface area contributed by atoms with Crippen LogP contribution in [0.3, 0.4) is 0 Å². The molecule has 0 saturated heterocycles. The molecule has 0 aliphatic heterocycles. The van der Waals surface area contributed by atoms with Gasteiger partial charge in [0.1, 0.15) is 11.8 Å². The number of sulfonamides is 1. The second-order valence-electron chi connectivity index (χ2n) is 6.22. The largest absolute Gasteiger partial charge is 0.494 e. The first-order valence-electron chi connectivity index (χ1n) is 8.96. The summed E-state index contributed by atoms with van der Waals surface area (Å²) in [5.41, 5.74) is 0.825. The van der Waals surface area contributed by atoms with Gasteiger partial charge in [-0.1, -0.05) is 0 Å². The van der Waals surface area contributed by atoms with Crippen molar-refractivity contribution in [2.45, 2.75) is 19.9 Å². The molecule has 9 heteroatoms. The average molecular weight is 423 g/mol. The highest BCUT2D eigenvalue weighted by Gasteiger charge is 2.30. The number of nitrogens with zero attached hydrogens (tertiary/aromatic N) is 1. The van der Waals surface area contributed by atoms with E-state index in [1.165, 1.54) is 27.2 Å². The molecule has 2 aromatic carbocycles. The molecule has 29 heavy (non-hydrogen) atoms. The third kappa shape index (κ3) is 5.54. The molecular formula is C20H26N2O6S. The van der Waals surface area contributed by atoms with Gasteiger partial charge in [0.15, 0.2) is 11.5 Å². The number of benzene rings is 2. The van der Waals surface area contributed by atoms with Crippen molar-refractivity contribution in [1.82, 2.24) is 0 Å². The second kappa shape index (κ2) is 9.51. The van der Waals surface area contributed by atoms with E-state index < -0.39 is 22.0 Å². The third-order valence-corrected chi connectivity index (χ3v) is 5.38. The van der Waals surface area contributed by atoms with Crippen molar-refractivity contribution in [3.63, 3.8) is 0 Å². The zero-order valence-electron chi connectivity index (χ0n) is 17.1. The Kier molecular flexibility index (Phi) is 7.33. The lowest BCUT2D eigenvalue weighted by Gasteiger charge is -2.28. The summed E-state index contributed by atoms with van der Waals surface area (Å²) in [6.45, 7) is 3.93. The quantitative estimate of drug-likeness (QED) is 0.668. The highest BCUT2D eigenvalue weighted by molar-refractivity contribution is 7.92. The van der Waals surface area contributed by atoms with E-state index in [0.717, 1.165) is 10.6 Å². The van der Waals surface area contributed by atoms with Crippen LogP contribution in [0.25, 0.3) is 0 Å². The Hall–Kier alpha value is -2.94. The van der Waals surface area contributed by atoms with Gasteiger partial charge in [0.25, 0.3) is 0 Å². The zero-order valence-corrected chi connectivity index (χ0v) is 17.9. The minimum atomic E-state index is -3.76. The Morgan fingerprint density at radius 3 is 2.21 bits per heavy atom. The first-order valence-corrected chi connectivity index (χ1v) is 10.8. The normalized spacial score (nSPS) is 12.0. The number of carbonyl (C=O) groups is 1. The summed E-state index contributed by atoms with van der Waals surface area (Å²) in [6.07, 6.45) is 1.05. The summed E-state index contributed by atoms with van der Waals surface area (Å²) in [4.78, 5) is 12.8. The van der Waals surface area contributed by atoms with E-state index in [1.54, 1.807) is 36.4 Å². The highest BCUT2D eigenvalue weighted by atomic mass is 32.2. The summed E-state index contributed by atoms with van der Waals surface area (Å²) < 4.78 is 41.8. The summed E-state index contributed by atoms with van der Waals surface area (Å²) in [7, 11) is -0.819. The van der Waals surface area contributed by atoms with Crippen LogP contribution in [-0.4, -0.2) is 47.4 Å². The minimum Gasteiger partial charge on any atom is -0.494 e. The number of carbonyl (C=O) groups excluding carboxylic acids is 1. The molecule has 8 nitrogen and oxygen atoms in total. The van der Waals surface area contributed by atoms with Crippen LogP contribution in [0.2, 0.25) is 0 Å². The second-order valence-corrected chi connectivity index (χ2v) is 8.08. The lowest BCUT2D eigenvalue weighted by molar-refractivity contribution is -0.116. The Bertz CT molecular complexity index is 944. The van der Waals surface area contributed by atoms with E-state index in [-0.39, 0.29) is 0 Å². The van der Waals surface area contributed by atoms with Crippen molar-refractivity contribution in [3.05, 3.63) is 42.5 Å². The Labute approximate surface area is 171 Å². The topological polar surface area (TPSA) is 94.2 Å². The van der Waals surface area contributed by atoms with Gasteiger partial charge in [-0.3, -0.25) is 9.10 Å². The third-order valence-electron chi connectivity index (χ3n) is 4.14. The predicted octanol–water partition coefficient (Wildman–Crippen LogP) is 2.90. The number of methoxy groups -OCH3 is 2. The molecule has 0 unspecified atom stereocenters. The van der Waals surface area contributed by atoms with E-state index in [2.05, 4.69) is 5.32 Å². The number of hydrogen-bond acceptors (Lipinski definition) is 6. The van der Waals surface area contributed by atoms with Gasteiger partial charge >= 0.3 is 0 Å². The van der Waals surface area contributed by atoms with Gasteiger partial charge in [0, 0.05) is 11.8 Å². The van der Waals surface area contributed by atoms with Gasteiger partial charge < -0.3 is 19.5 Å². The smallest absolute Gasteiger partial charge is 0.247 e. The van der Waals surface area contributed by atoms with Gasteiger partial charge in [0.05, 0.1) is 32.8 Å². The molecule has 0 heterocycles. The van der Waals surface area contributed by atoms with Crippen molar-refractivity contribution in [1.29, 1.82) is 0 Å². The van der Waals surface area contributed by atoms with E-state index in [9.17, 15) is 13.2 Å². The van der Waals surface area contributed by atoms with Crippen LogP contribution in [0.4, 0.5) is 11.4 Å². The van der Waals surface area contributed by atoms with Gasteiger partial charge in [-0.15, -0.1) is 0 Å². The van der Waals surface area contributed by atoms with Crippen molar-refractivity contribution in [2.24, 2.45) is 0 Å². The molecule has 1 N–H and O–H groups in total. The molecule has 0 aromatic heterocycles. The van der Waals surface area contributed by atoms with Gasteiger partial charge in [0.2, 0.25) is 15.9 Å². The lowest BCUT2D eigenvalue weighted by atomic mass is 10.2. The fourth-order valence-corrected chi connectivity index (χ4v) is 3.99. The van der Waals surface area contributed by atoms with E-state index in [1.807, 2.05) is 6.92 Å². The van der Waals surface area contributed by atoms with Crippen LogP contribution in [0, 0.1) is 0 Å². The van der Waals surface area contributed by atoms with Crippen LogP contribution in [0.1, 0.15) is 13.8 Å². The summed E-state index contributed by atoms with van der Waals surface area (Å²) >= 11 is 0. The average Bonchev–Trinajstić information content (AvgIpc) is 2.68. The van der Waals surface area contributed by atoms with Crippen LogP contribution in [0.15, 0.2) is 42.5 Å². The number of anilines is 2. The molecule has 158 valence electrons. The predicted molar refractivity (Wildman–Crippen MR) is 113 cm³/mol. The molecular weight excluding hydrogens is 396 g/mol. The fourth-order valence-electron chi connectivity index (χ4n) is 2.82. The molecule has 1 amide bonds. The molecule has 0 saturated carbocycles. The number of ether oxygens (including phenoxy) is 3. The maximum atomic E-state index is 12.8. The van der Waals surface area contributed by atoms with Crippen LogP contribution in [0.5, 0.6) is 17.2 Å². The maximum absolute atomic E-state index is 12.8. The molecule has 0 fully saturated rings. The number of hydrogen-bond donors (Lipinski definition) is 1. The van der Waals surface area contributed by atoms with Gasteiger partial charge in [-0.05, 0) is 50.2 Å². The van der Waals surface area contributed by atoms with Crippen LogP contribution >= 0.6 is 0 Å². The molecule has 0 aliphatic carbocycles. The van der Waals surface area contributed by atoms with E-state index >= 15 is 0 Å². The monoisotopic (exact) mass is 422 g/mol. The van der Waals surface area contributed by atoms with E-state index in [0.29, 0.717) is 35.2 Å². The highest BCUT2D eigenvalue weighted by Crippen LogP contribution is 2.33. The fraction of sp³-hybridized carbons (Fsp3) is 0.350. The Morgan fingerprint density at radius 2 is 1.69 bits per heavy atom. The summed E-state index contributed by atoms with van der Waals surface area (Å²) in [6, 6.07) is 10.5. The van der Waals surface area contributed by atoms with Crippen LogP contribution < -0.4 is 23.8 Å². The first kappa shape index (κ1) is 22.4. The van der Waals surface area contributed by atoms with Gasteiger partial charge in [-0.25, -0.2) is 8.42 Å². The standard InChI is InChI=1S/C20H26N2O6S/c1-6-28-17-10-7-15(8-11-17)21-20(23)14(2)22(29(5,24)25)16-9-12-18(26-3)19(13-16)27-4/h7-14H,6H2,1-5H3,(H,21,23)/t14-/m1/s1. The van der Waals surface area contributed by atoms with Crippen molar-refractivity contribution >= 4 is 27.3 Å². The Balaban J connectivity index is 2.29. The van der Waals surface area contributed by atoms with Crippen molar-refractivity contribution < 1.29 is 27.4 Å². The SMILES string of the molecule is CCOc1ccc(NC(=O)[C@@H](C)N(c2ccc(OC)c(OC)c2)S(C)(=O)=O)cc1. The summed E-state index contributed by atoms with van der Waals surface area (Å²) in [5, 5.41) is 2.73. The maximum Gasteiger partial charge on any atom is 0.247 e. The molecule has 0 radical (unpaired) electrons. The lowest BCUT2D eigenvalue weighted by Crippen LogP contribution is -2.45. The number of nitrogens with one attached hydrogen (secondary N) is 1. The number of rotatable bonds is 9. The van der Waals surface area contributed by atoms with E-state index in [4.69, 9.17) is 14.2 Å². The summed E-state index contributed by atoms with van der Waals surface area (Å²) in [5.74, 6) is 1.02. The molecule has 0 spiro atoms. The zero-order chi connectivity index (χ0) is 21.6. The van der Waals surface area contributed by atoms with Crippen LogP contribution in [-0.2, 0) is 14.8 Å². The first-order chi connectivity index (χ1) is 13.7. The van der Waals surface area contributed by atoms with Crippen molar-refractivity contribution in [2.75, 3.05) is 36.7 Å². The molecule has 0 aliphatic rings. The molecule has 2 rings (SSSR count). The number of amides is 1. The molecule has 0 bridgehead atoms. The Morgan fingerprint density at radius 1 is 1.07 bits per heavy atom.